The molecule has 0 amide bonds. The molecule has 1 aromatic heterocycles. The van der Waals surface area contributed by atoms with Crippen molar-refractivity contribution in [1.82, 2.24) is 14.3 Å². The molecule has 6 nitrogen and oxygen atoms in total. The van der Waals surface area contributed by atoms with E-state index in [0.29, 0.717) is 16.6 Å². The maximum absolute atomic E-state index is 11.5. The zero-order valence-electron chi connectivity index (χ0n) is 19.8. The van der Waals surface area contributed by atoms with Crippen LogP contribution in [0.2, 0.25) is 5.02 Å². The predicted octanol–water partition coefficient (Wildman–Crippen LogP) is 5.97. The fourth-order valence-corrected chi connectivity index (χ4v) is 5.46. The first-order valence-electron chi connectivity index (χ1n) is 11.8. The Morgan fingerprint density at radius 2 is 2.15 bits per heavy atom. The van der Waals surface area contributed by atoms with Crippen LogP contribution in [0.25, 0.3) is 22.0 Å². The average molecular weight is 500 g/mol. The van der Waals surface area contributed by atoms with Crippen molar-refractivity contribution in [3.8, 4) is 27.7 Å². The molecule has 0 unspecified atom stereocenters. The van der Waals surface area contributed by atoms with Crippen LogP contribution in [0.3, 0.4) is 0 Å². The summed E-state index contributed by atoms with van der Waals surface area (Å²) in [5.74, 6) is 0.654. The molecular formula is C26H30ClN3O3S. The Labute approximate surface area is 209 Å². The Kier molecular flexibility index (Phi) is 7.86. The molecular weight excluding hydrogens is 470 g/mol. The number of aliphatic carboxylic acids is 1. The van der Waals surface area contributed by atoms with Gasteiger partial charge in [-0.05, 0) is 86.9 Å². The van der Waals surface area contributed by atoms with E-state index in [1.165, 1.54) is 22.7 Å². The molecule has 180 valence electrons. The van der Waals surface area contributed by atoms with E-state index < -0.39 is 5.97 Å². The van der Waals surface area contributed by atoms with Gasteiger partial charge in [0.05, 0.1) is 11.1 Å². The van der Waals surface area contributed by atoms with Crippen LogP contribution in [0.5, 0.6) is 5.75 Å². The molecule has 4 rings (SSSR count). The fourth-order valence-electron chi connectivity index (χ4n) is 4.57. The maximum Gasteiger partial charge on any atom is 0.320 e. The van der Waals surface area contributed by atoms with E-state index in [-0.39, 0.29) is 12.1 Å². The standard InChI is InChI=1S/C26H30ClN3O3S/c1-4-19-17(12-14-30-13-6-9-22(30)26(31)32)7-5-8-20(19)24-28-25(34-29-24)18-10-11-23(21(27)15-18)33-16(2)3/h5,7-8,10-11,15-16,22H,4,6,9,12-14H2,1-3H3,(H,31,32)/t22-/m0/s1. The fraction of sp³-hybridized carbons (Fsp3) is 0.423. The SMILES string of the molecule is CCc1c(CCN2CCC[C@H]2C(=O)O)cccc1-c1nsc(-c2ccc(OC(C)C)c(Cl)c2)n1. The number of nitrogens with zero attached hydrogens (tertiary/aromatic N) is 3. The molecule has 3 aromatic rings. The van der Waals surface area contributed by atoms with Crippen molar-refractivity contribution in [2.75, 3.05) is 13.1 Å². The molecule has 1 saturated heterocycles. The topological polar surface area (TPSA) is 75.6 Å². The molecule has 0 spiro atoms. The molecule has 8 heteroatoms. The summed E-state index contributed by atoms with van der Waals surface area (Å²) in [7, 11) is 0. The number of halogens is 1. The third kappa shape index (κ3) is 5.43. The number of carboxylic acids is 1. The first kappa shape index (κ1) is 24.6. The number of ether oxygens (including phenoxy) is 1. The van der Waals surface area contributed by atoms with E-state index in [2.05, 4.69) is 28.3 Å². The van der Waals surface area contributed by atoms with Crippen LogP contribution >= 0.6 is 23.1 Å². The maximum atomic E-state index is 11.5. The van der Waals surface area contributed by atoms with Crippen LogP contribution in [0, 0.1) is 0 Å². The number of carboxylic acid groups (broad SMARTS) is 1. The van der Waals surface area contributed by atoms with Crippen LogP contribution in [0.4, 0.5) is 0 Å². The Balaban J connectivity index is 1.55. The summed E-state index contributed by atoms with van der Waals surface area (Å²) >= 11 is 7.78. The average Bonchev–Trinajstić information content (AvgIpc) is 3.48. The number of carbonyl (C=O) groups is 1. The highest BCUT2D eigenvalue weighted by atomic mass is 35.5. The van der Waals surface area contributed by atoms with Gasteiger partial charge in [-0.3, -0.25) is 9.69 Å². The Bertz CT molecular complexity index is 1160. The van der Waals surface area contributed by atoms with E-state index in [4.69, 9.17) is 21.3 Å². The van der Waals surface area contributed by atoms with Crippen molar-refractivity contribution in [2.45, 2.75) is 58.6 Å². The van der Waals surface area contributed by atoms with Gasteiger partial charge < -0.3 is 9.84 Å². The summed E-state index contributed by atoms with van der Waals surface area (Å²) in [4.78, 5) is 18.4. The van der Waals surface area contributed by atoms with Gasteiger partial charge in [-0.2, -0.15) is 4.37 Å². The summed E-state index contributed by atoms with van der Waals surface area (Å²) in [6.07, 6.45) is 3.39. The summed E-state index contributed by atoms with van der Waals surface area (Å²) in [5, 5.41) is 10.8. The first-order chi connectivity index (χ1) is 16.4. The van der Waals surface area contributed by atoms with Crippen LogP contribution in [-0.2, 0) is 17.6 Å². The van der Waals surface area contributed by atoms with E-state index in [1.807, 2.05) is 38.1 Å². The van der Waals surface area contributed by atoms with E-state index in [0.717, 1.165) is 54.9 Å². The number of benzene rings is 2. The minimum atomic E-state index is -0.718. The van der Waals surface area contributed by atoms with Crippen molar-refractivity contribution in [3.63, 3.8) is 0 Å². The number of aromatic nitrogens is 2. The lowest BCUT2D eigenvalue weighted by atomic mass is 9.96. The quantitative estimate of drug-likeness (QED) is 0.391. The molecule has 1 fully saturated rings. The molecule has 0 saturated carbocycles. The Hall–Kier alpha value is -2.48. The molecule has 0 radical (unpaired) electrons. The lowest BCUT2D eigenvalue weighted by Crippen LogP contribution is -2.37. The molecule has 1 aliphatic heterocycles. The van der Waals surface area contributed by atoms with Gasteiger partial charge in [0, 0.05) is 17.7 Å². The second kappa shape index (κ2) is 10.8. The third-order valence-corrected chi connectivity index (χ3v) is 7.21. The van der Waals surface area contributed by atoms with E-state index in [1.54, 1.807) is 0 Å². The summed E-state index contributed by atoms with van der Waals surface area (Å²) in [6.45, 7) is 7.66. The second-order valence-electron chi connectivity index (χ2n) is 8.81. The van der Waals surface area contributed by atoms with E-state index >= 15 is 0 Å². The van der Waals surface area contributed by atoms with Crippen molar-refractivity contribution in [1.29, 1.82) is 0 Å². The summed E-state index contributed by atoms with van der Waals surface area (Å²) in [6, 6.07) is 11.6. The molecule has 0 bridgehead atoms. The van der Waals surface area contributed by atoms with Gasteiger partial charge in [-0.1, -0.05) is 36.7 Å². The number of hydrogen-bond acceptors (Lipinski definition) is 6. The second-order valence-corrected chi connectivity index (χ2v) is 9.97. The van der Waals surface area contributed by atoms with Crippen LogP contribution in [-0.4, -0.2) is 50.6 Å². The third-order valence-electron chi connectivity index (χ3n) is 6.15. The predicted molar refractivity (Wildman–Crippen MR) is 137 cm³/mol. The van der Waals surface area contributed by atoms with Gasteiger partial charge in [0.15, 0.2) is 5.82 Å². The van der Waals surface area contributed by atoms with Crippen molar-refractivity contribution < 1.29 is 14.6 Å². The van der Waals surface area contributed by atoms with Gasteiger partial charge in [-0.15, -0.1) is 0 Å². The molecule has 34 heavy (non-hydrogen) atoms. The smallest absolute Gasteiger partial charge is 0.320 e. The highest BCUT2D eigenvalue weighted by Gasteiger charge is 2.30. The lowest BCUT2D eigenvalue weighted by molar-refractivity contribution is -0.142. The van der Waals surface area contributed by atoms with Crippen LogP contribution < -0.4 is 4.74 Å². The molecule has 2 aromatic carbocycles. The lowest BCUT2D eigenvalue weighted by Gasteiger charge is -2.22. The van der Waals surface area contributed by atoms with Crippen molar-refractivity contribution >= 4 is 29.1 Å². The van der Waals surface area contributed by atoms with Crippen molar-refractivity contribution in [2.24, 2.45) is 0 Å². The minimum Gasteiger partial charge on any atom is -0.489 e. The van der Waals surface area contributed by atoms with Gasteiger partial charge in [0.2, 0.25) is 0 Å². The minimum absolute atomic E-state index is 0.0525. The largest absolute Gasteiger partial charge is 0.489 e. The first-order valence-corrected chi connectivity index (χ1v) is 12.9. The van der Waals surface area contributed by atoms with Gasteiger partial charge >= 0.3 is 5.97 Å². The van der Waals surface area contributed by atoms with Gasteiger partial charge in [0.25, 0.3) is 0 Å². The zero-order valence-corrected chi connectivity index (χ0v) is 21.3. The molecule has 1 aliphatic rings. The van der Waals surface area contributed by atoms with E-state index in [9.17, 15) is 9.90 Å². The number of rotatable bonds is 9. The summed E-state index contributed by atoms with van der Waals surface area (Å²) in [5.41, 5.74) is 4.39. The zero-order chi connectivity index (χ0) is 24.2. The highest BCUT2D eigenvalue weighted by Crippen LogP contribution is 2.34. The molecule has 0 aliphatic carbocycles. The molecule has 1 atom stereocenters. The normalized spacial score (nSPS) is 16.3. The molecule has 2 heterocycles. The van der Waals surface area contributed by atoms with Gasteiger partial charge in [-0.25, -0.2) is 4.98 Å². The summed E-state index contributed by atoms with van der Waals surface area (Å²) < 4.78 is 10.4. The monoisotopic (exact) mass is 499 g/mol. The molecule has 1 N–H and O–H groups in total. The number of likely N-dealkylation sites (tertiary alicyclic amines) is 1. The number of hydrogen-bond donors (Lipinski definition) is 1. The highest BCUT2D eigenvalue weighted by molar-refractivity contribution is 7.09. The van der Waals surface area contributed by atoms with Crippen molar-refractivity contribution in [3.05, 3.63) is 52.5 Å². The van der Waals surface area contributed by atoms with Crippen LogP contribution in [0.15, 0.2) is 36.4 Å². The van der Waals surface area contributed by atoms with Gasteiger partial charge in [0.1, 0.15) is 16.8 Å². The van der Waals surface area contributed by atoms with Crippen LogP contribution in [0.1, 0.15) is 44.7 Å². The Morgan fingerprint density at radius 3 is 2.85 bits per heavy atom. The Morgan fingerprint density at radius 1 is 1.32 bits per heavy atom.